The maximum absolute atomic E-state index is 14.2. The SMILES string of the molecule is Cc1noc(C)c1-c1ccc2c(c1)nc(C1CCCC(=O)N1c1ccc(F)c(F)c1)n2-c1nc(CO)cs1. The van der Waals surface area contributed by atoms with E-state index in [1.165, 1.54) is 22.3 Å². The predicted octanol–water partition coefficient (Wildman–Crippen LogP) is 5.78. The monoisotopic (exact) mass is 535 g/mol. The van der Waals surface area contributed by atoms with Gasteiger partial charge in [0, 0.05) is 29.1 Å². The molecule has 4 heterocycles. The lowest BCUT2D eigenvalue weighted by Gasteiger charge is -2.35. The minimum atomic E-state index is -1.02. The molecule has 1 unspecified atom stereocenters. The molecule has 5 aromatic rings. The van der Waals surface area contributed by atoms with Crippen molar-refractivity contribution >= 4 is 34.0 Å². The smallest absolute Gasteiger partial charge is 0.227 e. The number of anilines is 1. The van der Waals surface area contributed by atoms with Gasteiger partial charge in [0.05, 0.1) is 35.1 Å². The minimum Gasteiger partial charge on any atom is -0.390 e. The third kappa shape index (κ3) is 3.98. The maximum atomic E-state index is 14.2. The Kier molecular flexibility index (Phi) is 6.04. The van der Waals surface area contributed by atoms with Gasteiger partial charge in [0.1, 0.15) is 11.6 Å². The summed E-state index contributed by atoms with van der Waals surface area (Å²) in [7, 11) is 0. The lowest BCUT2D eigenvalue weighted by atomic mass is 9.99. The van der Waals surface area contributed by atoms with Crippen molar-refractivity contribution in [2.75, 3.05) is 4.90 Å². The second-order valence-electron chi connectivity index (χ2n) is 9.26. The predicted molar refractivity (Wildman–Crippen MR) is 138 cm³/mol. The zero-order valence-corrected chi connectivity index (χ0v) is 21.4. The maximum Gasteiger partial charge on any atom is 0.227 e. The molecule has 8 nitrogen and oxygen atoms in total. The number of aliphatic hydroxyl groups is 1. The molecule has 1 fully saturated rings. The largest absolute Gasteiger partial charge is 0.390 e. The highest BCUT2D eigenvalue weighted by atomic mass is 32.1. The quantitative estimate of drug-likeness (QED) is 0.306. The van der Waals surface area contributed by atoms with Gasteiger partial charge in [-0.25, -0.2) is 18.7 Å². The van der Waals surface area contributed by atoms with Crippen LogP contribution >= 0.6 is 11.3 Å². The van der Waals surface area contributed by atoms with Crippen molar-refractivity contribution in [3.05, 3.63) is 76.4 Å². The Balaban J connectivity index is 1.56. The summed E-state index contributed by atoms with van der Waals surface area (Å²) in [5.74, 6) is -0.959. The van der Waals surface area contributed by atoms with Gasteiger partial charge in [0.2, 0.25) is 5.91 Å². The van der Waals surface area contributed by atoms with Gasteiger partial charge in [-0.05, 0) is 56.5 Å². The van der Waals surface area contributed by atoms with Crippen molar-refractivity contribution in [2.45, 2.75) is 45.8 Å². The molecule has 0 saturated carbocycles. The Bertz CT molecular complexity index is 1670. The lowest BCUT2D eigenvalue weighted by molar-refractivity contribution is -0.120. The molecule has 1 N–H and O–H groups in total. The Hall–Kier alpha value is -3.96. The molecule has 1 atom stereocenters. The van der Waals surface area contributed by atoms with E-state index in [0.29, 0.717) is 40.8 Å². The highest BCUT2D eigenvalue weighted by Gasteiger charge is 2.35. The van der Waals surface area contributed by atoms with E-state index in [1.807, 2.05) is 36.6 Å². The summed E-state index contributed by atoms with van der Waals surface area (Å²) >= 11 is 1.35. The summed E-state index contributed by atoms with van der Waals surface area (Å²) in [6, 6.07) is 8.76. The Morgan fingerprint density at radius 3 is 2.68 bits per heavy atom. The van der Waals surface area contributed by atoms with Crippen LogP contribution in [0.3, 0.4) is 0 Å². The van der Waals surface area contributed by atoms with Crippen LogP contribution in [0.25, 0.3) is 27.3 Å². The van der Waals surface area contributed by atoms with Gasteiger partial charge >= 0.3 is 0 Å². The van der Waals surface area contributed by atoms with Crippen LogP contribution in [-0.4, -0.2) is 30.7 Å². The van der Waals surface area contributed by atoms with Crippen LogP contribution in [0.5, 0.6) is 0 Å². The zero-order valence-electron chi connectivity index (χ0n) is 20.6. The summed E-state index contributed by atoms with van der Waals surface area (Å²) in [4.78, 5) is 24.2. The lowest BCUT2D eigenvalue weighted by Crippen LogP contribution is -2.39. The molecule has 1 aliphatic heterocycles. The van der Waals surface area contributed by atoms with E-state index in [0.717, 1.165) is 34.5 Å². The zero-order chi connectivity index (χ0) is 26.6. The molecule has 1 aliphatic rings. The fraction of sp³-hybridized carbons (Fsp3) is 0.259. The van der Waals surface area contributed by atoms with E-state index >= 15 is 0 Å². The Morgan fingerprint density at radius 2 is 1.97 bits per heavy atom. The number of halogens is 2. The molecule has 6 rings (SSSR count). The molecule has 194 valence electrons. The van der Waals surface area contributed by atoms with E-state index in [-0.39, 0.29) is 24.6 Å². The van der Waals surface area contributed by atoms with Crippen LogP contribution in [0.4, 0.5) is 14.5 Å². The van der Waals surface area contributed by atoms with Crippen molar-refractivity contribution in [2.24, 2.45) is 0 Å². The molecule has 3 aromatic heterocycles. The molecule has 38 heavy (non-hydrogen) atoms. The fourth-order valence-corrected chi connectivity index (χ4v) is 5.96. The van der Waals surface area contributed by atoms with Crippen molar-refractivity contribution in [1.82, 2.24) is 19.7 Å². The van der Waals surface area contributed by atoms with E-state index in [1.54, 1.807) is 5.38 Å². The normalized spacial score (nSPS) is 16.1. The highest BCUT2D eigenvalue weighted by molar-refractivity contribution is 7.12. The van der Waals surface area contributed by atoms with Crippen molar-refractivity contribution in [1.29, 1.82) is 0 Å². The molecule has 11 heteroatoms. The first-order chi connectivity index (χ1) is 18.4. The van der Waals surface area contributed by atoms with Crippen LogP contribution in [0.15, 0.2) is 46.3 Å². The summed E-state index contributed by atoms with van der Waals surface area (Å²) in [6.45, 7) is 3.51. The molecule has 1 amide bonds. The number of amides is 1. The number of nitrogens with zero attached hydrogens (tertiary/aromatic N) is 5. The van der Waals surface area contributed by atoms with Gasteiger partial charge in [-0.15, -0.1) is 11.3 Å². The number of benzene rings is 2. The summed E-state index contributed by atoms with van der Waals surface area (Å²) < 4.78 is 35.2. The number of thiazole rings is 1. The average molecular weight is 536 g/mol. The highest BCUT2D eigenvalue weighted by Crippen LogP contribution is 2.40. The molecular formula is C27H23F2N5O3S. The standard InChI is InChI=1S/C27H23F2N5O3S/c1-14-25(15(2)37-32-14)16-6-9-22-21(10-16)31-26(34(22)27-30-17(12-35)13-38-27)23-4-3-5-24(36)33(23)18-7-8-19(28)20(29)11-18/h6-11,13,23,35H,3-5,12H2,1-2H3. The molecule has 0 spiro atoms. The topological polar surface area (TPSA) is 97.3 Å². The van der Waals surface area contributed by atoms with Crippen LogP contribution in [0.2, 0.25) is 0 Å². The molecule has 0 radical (unpaired) electrons. The van der Waals surface area contributed by atoms with Crippen LogP contribution in [0.1, 0.15) is 48.3 Å². The second-order valence-corrected chi connectivity index (χ2v) is 10.1. The summed E-state index contributed by atoms with van der Waals surface area (Å²) in [6.07, 6.45) is 1.48. The number of aromatic nitrogens is 4. The molecular weight excluding hydrogens is 512 g/mol. The third-order valence-corrected chi connectivity index (χ3v) is 7.70. The fourth-order valence-electron chi connectivity index (χ4n) is 5.12. The van der Waals surface area contributed by atoms with Crippen molar-refractivity contribution < 1.29 is 23.2 Å². The van der Waals surface area contributed by atoms with E-state index in [4.69, 9.17) is 9.51 Å². The minimum absolute atomic E-state index is 0.197. The van der Waals surface area contributed by atoms with Crippen molar-refractivity contribution in [3.8, 4) is 16.3 Å². The number of carbonyl (C=O) groups is 1. The number of aryl methyl sites for hydroxylation is 2. The van der Waals surface area contributed by atoms with Crippen LogP contribution < -0.4 is 4.90 Å². The number of carbonyl (C=O) groups excluding carboxylic acids is 1. The number of fused-ring (bicyclic) bond motifs is 1. The van der Waals surface area contributed by atoms with Gasteiger partial charge in [0.15, 0.2) is 16.8 Å². The number of hydrogen-bond acceptors (Lipinski definition) is 7. The number of rotatable bonds is 5. The van der Waals surface area contributed by atoms with Crippen molar-refractivity contribution in [3.63, 3.8) is 0 Å². The summed E-state index contributed by atoms with van der Waals surface area (Å²) in [5, 5.41) is 16.0. The molecule has 1 saturated heterocycles. The Morgan fingerprint density at radius 1 is 1.13 bits per heavy atom. The van der Waals surface area contributed by atoms with Gasteiger partial charge < -0.3 is 14.5 Å². The van der Waals surface area contributed by atoms with Crippen LogP contribution in [-0.2, 0) is 11.4 Å². The second kappa shape index (κ2) is 9.41. The van der Waals surface area contributed by atoms with E-state index in [9.17, 15) is 18.7 Å². The third-order valence-electron chi connectivity index (χ3n) is 6.82. The average Bonchev–Trinajstić information content (AvgIpc) is 3.61. The van der Waals surface area contributed by atoms with Gasteiger partial charge in [-0.3, -0.25) is 9.36 Å². The number of piperidine rings is 1. The Labute approximate surface area is 220 Å². The first-order valence-corrected chi connectivity index (χ1v) is 13.0. The number of aliphatic hydroxyl groups excluding tert-OH is 1. The van der Waals surface area contributed by atoms with Crippen LogP contribution in [0, 0.1) is 25.5 Å². The molecule has 2 aromatic carbocycles. The van der Waals surface area contributed by atoms with Gasteiger partial charge in [0.25, 0.3) is 0 Å². The van der Waals surface area contributed by atoms with E-state index < -0.39 is 17.7 Å². The van der Waals surface area contributed by atoms with Gasteiger partial charge in [-0.1, -0.05) is 11.2 Å². The summed E-state index contributed by atoms with van der Waals surface area (Å²) in [5.41, 5.74) is 4.75. The molecule has 0 bridgehead atoms. The molecule has 0 aliphatic carbocycles. The first kappa shape index (κ1) is 24.4. The van der Waals surface area contributed by atoms with Gasteiger partial charge in [-0.2, -0.15) is 0 Å². The number of hydrogen-bond donors (Lipinski definition) is 1. The first-order valence-electron chi connectivity index (χ1n) is 12.1. The van der Waals surface area contributed by atoms with E-state index in [2.05, 4.69) is 10.1 Å². The number of imidazole rings is 1.